The molecular weight excluding hydrogens is 454 g/mol. The van der Waals surface area contributed by atoms with Crippen molar-refractivity contribution < 1.29 is 23.1 Å². The lowest BCUT2D eigenvalue weighted by Crippen LogP contribution is -2.53. The monoisotopic (exact) mass is 480 g/mol. The third-order valence-corrected chi connectivity index (χ3v) is 5.84. The van der Waals surface area contributed by atoms with Crippen molar-refractivity contribution in [1.29, 1.82) is 5.26 Å². The van der Waals surface area contributed by atoms with Crippen molar-refractivity contribution in [3.63, 3.8) is 0 Å². The van der Waals surface area contributed by atoms with Crippen LogP contribution in [-0.2, 0) is 9.59 Å². The Balaban J connectivity index is 1.79. The van der Waals surface area contributed by atoms with E-state index in [1.54, 1.807) is 32.2 Å². The average Bonchev–Trinajstić information content (AvgIpc) is 2.87. The van der Waals surface area contributed by atoms with Crippen molar-refractivity contribution in [3.05, 3.63) is 54.1 Å². The molecule has 2 aromatic carbocycles. The Kier molecular flexibility index (Phi) is 7.97. The van der Waals surface area contributed by atoms with E-state index in [9.17, 15) is 23.6 Å². The molecule has 0 aliphatic carbocycles. The standard InChI is InChI=1S/C26H26F2N4O3/c1-4-21(25(34)31-15-24(33)32-16-26(27,28)12-11-19(32)14-29)22-13-18(7-10-23(22)30-2)17-5-8-20(35-3)9-6-17/h4-10,13,19H,2,11-12,15-16H2,1,3H3,(H,31,34)/b21-4+/t19-/m0/s1. The summed E-state index contributed by atoms with van der Waals surface area (Å²) in [5, 5.41) is 11.7. The minimum atomic E-state index is -3.06. The largest absolute Gasteiger partial charge is 0.497 e. The number of allylic oxidation sites excluding steroid dienone is 1. The van der Waals surface area contributed by atoms with Crippen molar-refractivity contribution in [2.45, 2.75) is 31.7 Å². The van der Waals surface area contributed by atoms with Gasteiger partial charge in [0.05, 0.1) is 32.0 Å². The quantitative estimate of drug-likeness (QED) is 0.471. The zero-order valence-electron chi connectivity index (χ0n) is 19.6. The maximum atomic E-state index is 13.8. The number of aliphatic imine (C=N–C) groups is 1. The maximum Gasteiger partial charge on any atom is 0.265 e. The molecule has 1 N–H and O–H groups in total. The lowest BCUT2D eigenvalue weighted by Gasteiger charge is -2.36. The van der Waals surface area contributed by atoms with Crippen molar-refractivity contribution in [3.8, 4) is 22.9 Å². The summed E-state index contributed by atoms with van der Waals surface area (Å²) in [4.78, 5) is 30.4. The van der Waals surface area contributed by atoms with Gasteiger partial charge in [0.2, 0.25) is 5.91 Å². The van der Waals surface area contributed by atoms with Crippen LogP contribution >= 0.6 is 0 Å². The molecule has 0 bridgehead atoms. The third-order valence-electron chi connectivity index (χ3n) is 5.84. The molecule has 1 heterocycles. The number of amides is 2. The molecule has 3 rings (SSSR count). The van der Waals surface area contributed by atoms with Crippen LogP contribution < -0.4 is 10.1 Å². The van der Waals surface area contributed by atoms with E-state index >= 15 is 0 Å². The van der Waals surface area contributed by atoms with Gasteiger partial charge < -0.3 is 15.0 Å². The van der Waals surface area contributed by atoms with Crippen molar-refractivity contribution in [2.75, 3.05) is 20.2 Å². The molecule has 1 atom stereocenters. The van der Waals surface area contributed by atoms with Gasteiger partial charge in [0.25, 0.3) is 11.8 Å². The van der Waals surface area contributed by atoms with Crippen LogP contribution in [0.5, 0.6) is 5.75 Å². The highest BCUT2D eigenvalue weighted by Crippen LogP contribution is 2.33. The first-order valence-electron chi connectivity index (χ1n) is 11.0. The molecule has 35 heavy (non-hydrogen) atoms. The zero-order valence-corrected chi connectivity index (χ0v) is 19.6. The first kappa shape index (κ1) is 25.6. The number of carbonyl (C=O) groups is 2. The number of ether oxygens (including phenoxy) is 1. The van der Waals surface area contributed by atoms with E-state index in [0.717, 1.165) is 16.0 Å². The predicted octanol–water partition coefficient (Wildman–Crippen LogP) is 4.36. The highest BCUT2D eigenvalue weighted by atomic mass is 19.3. The van der Waals surface area contributed by atoms with Gasteiger partial charge in [-0.3, -0.25) is 14.6 Å². The third kappa shape index (κ3) is 5.90. The Morgan fingerprint density at radius 3 is 2.57 bits per heavy atom. The average molecular weight is 481 g/mol. The lowest BCUT2D eigenvalue weighted by molar-refractivity contribution is -0.144. The number of methoxy groups -OCH3 is 1. The second kappa shape index (κ2) is 10.9. The normalized spacial score (nSPS) is 17.3. The number of hydrogen-bond donors (Lipinski definition) is 1. The molecular formula is C26H26F2N4O3. The Bertz CT molecular complexity index is 1190. The number of nitrogens with zero attached hydrogens (tertiary/aromatic N) is 3. The molecule has 2 aromatic rings. The van der Waals surface area contributed by atoms with Gasteiger partial charge >= 0.3 is 0 Å². The summed E-state index contributed by atoms with van der Waals surface area (Å²) < 4.78 is 32.8. The highest BCUT2D eigenvalue weighted by Gasteiger charge is 2.42. The van der Waals surface area contributed by atoms with E-state index in [2.05, 4.69) is 17.0 Å². The number of nitrogens with one attached hydrogen (secondary N) is 1. The molecule has 0 saturated carbocycles. The first-order valence-corrected chi connectivity index (χ1v) is 11.0. The number of benzene rings is 2. The number of piperidine rings is 1. The van der Waals surface area contributed by atoms with E-state index in [1.165, 1.54) is 0 Å². The van der Waals surface area contributed by atoms with Gasteiger partial charge in [0.1, 0.15) is 11.8 Å². The Hall–Kier alpha value is -4.06. The van der Waals surface area contributed by atoms with E-state index in [0.29, 0.717) is 17.0 Å². The molecule has 0 radical (unpaired) electrons. The molecule has 0 spiro atoms. The fraction of sp³-hybridized carbons (Fsp3) is 0.308. The topological polar surface area (TPSA) is 94.8 Å². The minimum Gasteiger partial charge on any atom is -0.497 e. The van der Waals surface area contributed by atoms with Gasteiger partial charge in [-0.1, -0.05) is 24.3 Å². The Labute approximate surface area is 202 Å². The van der Waals surface area contributed by atoms with Crippen LogP contribution in [0.4, 0.5) is 14.5 Å². The summed E-state index contributed by atoms with van der Waals surface area (Å²) >= 11 is 0. The molecule has 1 saturated heterocycles. The van der Waals surface area contributed by atoms with Crippen molar-refractivity contribution in [1.82, 2.24) is 10.2 Å². The minimum absolute atomic E-state index is 0.115. The van der Waals surface area contributed by atoms with Gasteiger partial charge in [-0.25, -0.2) is 8.78 Å². The SMILES string of the molecule is C=Nc1ccc(-c2ccc(OC)cc2)cc1/C(=C\C)C(=O)NCC(=O)N1CC(F)(F)CC[C@H]1C#N. The van der Waals surface area contributed by atoms with E-state index in [4.69, 9.17) is 4.74 Å². The number of alkyl halides is 2. The Morgan fingerprint density at radius 1 is 1.29 bits per heavy atom. The summed E-state index contributed by atoms with van der Waals surface area (Å²) in [6, 6.07) is 13.7. The zero-order chi connectivity index (χ0) is 25.6. The van der Waals surface area contributed by atoms with Crippen LogP contribution in [0, 0.1) is 11.3 Å². The Morgan fingerprint density at radius 2 is 1.97 bits per heavy atom. The summed E-state index contributed by atoms with van der Waals surface area (Å²) in [5.41, 5.74) is 2.93. The molecule has 1 fully saturated rings. The van der Waals surface area contributed by atoms with Crippen LogP contribution in [0.1, 0.15) is 25.3 Å². The molecule has 1 aliphatic heterocycles. The van der Waals surface area contributed by atoms with Crippen molar-refractivity contribution in [2.24, 2.45) is 4.99 Å². The fourth-order valence-corrected chi connectivity index (χ4v) is 3.95. The summed E-state index contributed by atoms with van der Waals surface area (Å²) in [5.74, 6) is -3.67. The number of nitriles is 1. The molecule has 182 valence electrons. The smallest absolute Gasteiger partial charge is 0.265 e. The van der Waals surface area contributed by atoms with E-state index in [-0.39, 0.29) is 12.0 Å². The molecule has 0 aromatic heterocycles. The molecule has 0 unspecified atom stereocenters. The van der Waals surface area contributed by atoms with Gasteiger partial charge in [-0.2, -0.15) is 5.26 Å². The first-order chi connectivity index (χ1) is 16.7. The van der Waals surface area contributed by atoms with Crippen LogP contribution in [0.25, 0.3) is 16.7 Å². The predicted molar refractivity (Wildman–Crippen MR) is 130 cm³/mol. The number of likely N-dealkylation sites (tertiary alicyclic amines) is 1. The number of hydrogen-bond acceptors (Lipinski definition) is 5. The van der Waals surface area contributed by atoms with Crippen LogP contribution in [0.15, 0.2) is 53.5 Å². The van der Waals surface area contributed by atoms with Gasteiger partial charge in [-0.05, 0) is 55.5 Å². The number of halogens is 2. The van der Waals surface area contributed by atoms with E-state index in [1.807, 2.05) is 36.4 Å². The molecule has 2 amide bonds. The van der Waals surface area contributed by atoms with Crippen LogP contribution in [0.3, 0.4) is 0 Å². The summed E-state index contributed by atoms with van der Waals surface area (Å²) in [6.07, 6.45) is 1.01. The lowest BCUT2D eigenvalue weighted by atomic mass is 9.96. The molecule has 7 nitrogen and oxygen atoms in total. The van der Waals surface area contributed by atoms with Crippen LogP contribution in [-0.4, -0.2) is 55.6 Å². The van der Waals surface area contributed by atoms with Crippen molar-refractivity contribution >= 4 is 29.8 Å². The fourth-order valence-electron chi connectivity index (χ4n) is 3.95. The van der Waals surface area contributed by atoms with Gasteiger partial charge in [-0.15, -0.1) is 0 Å². The second-order valence-electron chi connectivity index (χ2n) is 8.06. The van der Waals surface area contributed by atoms with Crippen LogP contribution in [0.2, 0.25) is 0 Å². The van der Waals surface area contributed by atoms with E-state index < -0.39 is 43.3 Å². The number of carbonyl (C=O) groups excluding carboxylic acids is 2. The number of rotatable bonds is 7. The molecule has 9 heteroatoms. The summed E-state index contributed by atoms with van der Waals surface area (Å²) in [7, 11) is 1.58. The maximum absolute atomic E-state index is 13.8. The highest BCUT2D eigenvalue weighted by molar-refractivity contribution is 6.21. The van der Waals surface area contributed by atoms with Gasteiger partial charge in [0.15, 0.2) is 0 Å². The second-order valence-corrected chi connectivity index (χ2v) is 8.06. The summed E-state index contributed by atoms with van der Waals surface area (Å²) in [6.45, 7) is 3.88. The van der Waals surface area contributed by atoms with Gasteiger partial charge in [0, 0.05) is 17.6 Å². The molecule has 1 aliphatic rings.